The van der Waals surface area contributed by atoms with E-state index in [1.165, 1.54) is 4.88 Å². The molecule has 1 aromatic rings. The first-order valence-corrected chi connectivity index (χ1v) is 6.82. The number of aromatic nitrogens is 1. The van der Waals surface area contributed by atoms with Gasteiger partial charge in [-0.2, -0.15) is 0 Å². The van der Waals surface area contributed by atoms with Gasteiger partial charge < -0.3 is 10.4 Å². The van der Waals surface area contributed by atoms with Crippen LogP contribution in [0.1, 0.15) is 36.3 Å². The average molecular weight is 240 g/mol. The van der Waals surface area contributed by atoms with Gasteiger partial charge in [0.2, 0.25) is 0 Å². The third kappa shape index (κ3) is 2.95. The molecule has 1 aliphatic rings. The van der Waals surface area contributed by atoms with E-state index in [4.69, 9.17) is 0 Å². The van der Waals surface area contributed by atoms with Crippen molar-refractivity contribution in [3.8, 4) is 0 Å². The van der Waals surface area contributed by atoms with Crippen LogP contribution in [0.3, 0.4) is 0 Å². The lowest BCUT2D eigenvalue weighted by Gasteiger charge is -2.25. The summed E-state index contributed by atoms with van der Waals surface area (Å²) in [6, 6.07) is 0. The first kappa shape index (κ1) is 11.9. The highest BCUT2D eigenvalue weighted by atomic mass is 32.1. The van der Waals surface area contributed by atoms with Crippen molar-refractivity contribution < 1.29 is 5.11 Å². The molecule has 3 nitrogen and oxygen atoms in total. The maximum Gasteiger partial charge on any atom is 0.183 e. The molecule has 0 amide bonds. The summed E-state index contributed by atoms with van der Waals surface area (Å²) in [6.45, 7) is 5.15. The number of aryl methyl sites for hydroxylation is 2. The molecule has 16 heavy (non-hydrogen) atoms. The number of thiazole rings is 1. The SMILES string of the molecule is Cc1nc(NCC2CCC(O)CC2)sc1C. The van der Waals surface area contributed by atoms with Crippen molar-refractivity contribution in [1.82, 2.24) is 4.98 Å². The van der Waals surface area contributed by atoms with Gasteiger partial charge in [0.1, 0.15) is 0 Å². The average Bonchev–Trinajstić information content (AvgIpc) is 2.58. The second-order valence-electron chi connectivity index (χ2n) is 4.72. The van der Waals surface area contributed by atoms with E-state index in [0.29, 0.717) is 5.92 Å². The van der Waals surface area contributed by atoms with Crippen molar-refractivity contribution >= 4 is 16.5 Å². The first-order valence-electron chi connectivity index (χ1n) is 6.01. The van der Waals surface area contributed by atoms with E-state index in [-0.39, 0.29) is 6.10 Å². The number of hydrogen-bond acceptors (Lipinski definition) is 4. The van der Waals surface area contributed by atoms with Gasteiger partial charge in [0.15, 0.2) is 5.13 Å². The summed E-state index contributed by atoms with van der Waals surface area (Å²) in [5, 5.41) is 13.9. The lowest BCUT2D eigenvalue weighted by molar-refractivity contribution is 0.111. The molecule has 1 saturated carbocycles. The molecule has 2 N–H and O–H groups in total. The van der Waals surface area contributed by atoms with E-state index in [0.717, 1.165) is 43.1 Å². The molecule has 4 heteroatoms. The van der Waals surface area contributed by atoms with Crippen LogP contribution < -0.4 is 5.32 Å². The topological polar surface area (TPSA) is 45.2 Å². The molecule has 0 radical (unpaired) electrons. The smallest absolute Gasteiger partial charge is 0.183 e. The molecule has 90 valence electrons. The van der Waals surface area contributed by atoms with Gasteiger partial charge in [0.25, 0.3) is 0 Å². The monoisotopic (exact) mass is 240 g/mol. The maximum absolute atomic E-state index is 9.42. The fraction of sp³-hybridized carbons (Fsp3) is 0.750. The Morgan fingerprint density at radius 3 is 2.56 bits per heavy atom. The van der Waals surface area contributed by atoms with Gasteiger partial charge >= 0.3 is 0 Å². The van der Waals surface area contributed by atoms with Crippen molar-refractivity contribution in [2.45, 2.75) is 45.6 Å². The molecule has 1 fully saturated rings. The van der Waals surface area contributed by atoms with Crippen LogP contribution in [0.2, 0.25) is 0 Å². The number of hydrogen-bond donors (Lipinski definition) is 2. The molecule has 0 saturated heterocycles. The van der Waals surface area contributed by atoms with E-state index in [1.54, 1.807) is 11.3 Å². The molecule has 0 spiro atoms. The van der Waals surface area contributed by atoms with Gasteiger partial charge in [-0.1, -0.05) is 0 Å². The number of rotatable bonds is 3. The molecule has 0 unspecified atom stereocenters. The van der Waals surface area contributed by atoms with Crippen LogP contribution in [-0.2, 0) is 0 Å². The quantitative estimate of drug-likeness (QED) is 0.854. The summed E-state index contributed by atoms with van der Waals surface area (Å²) in [7, 11) is 0. The minimum Gasteiger partial charge on any atom is -0.393 e. The molecule has 0 atom stereocenters. The Hall–Kier alpha value is -0.610. The summed E-state index contributed by atoms with van der Waals surface area (Å²) < 4.78 is 0. The second-order valence-corrected chi connectivity index (χ2v) is 5.92. The van der Waals surface area contributed by atoms with Crippen molar-refractivity contribution in [3.05, 3.63) is 10.6 Å². The molecular formula is C12H20N2OS. The normalized spacial score (nSPS) is 25.7. The van der Waals surface area contributed by atoms with Crippen LogP contribution in [-0.4, -0.2) is 22.7 Å². The second kappa shape index (κ2) is 5.15. The number of aliphatic hydroxyl groups is 1. The zero-order chi connectivity index (χ0) is 11.5. The molecule has 1 heterocycles. The van der Waals surface area contributed by atoms with Crippen molar-refractivity contribution in [1.29, 1.82) is 0 Å². The van der Waals surface area contributed by atoms with Crippen LogP contribution in [0, 0.1) is 19.8 Å². The molecule has 1 aromatic heterocycles. The van der Waals surface area contributed by atoms with Gasteiger partial charge in [-0.15, -0.1) is 11.3 Å². The van der Waals surface area contributed by atoms with Crippen LogP contribution in [0.15, 0.2) is 0 Å². The number of anilines is 1. The van der Waals surface area contributed by atoms with Gasteiger partial charge in [0, 0.05) is 11.4 Å². The maximum atomic E-state index is 9.42. The third-order valence-corrected chi connectivity index (χ3v) is 4.42. The van der Waals surface area contributed by atoms with Gasteiger partial charge in [-0.05, 0) is 45.4 Å². The van der Waals surface area contributed by atoms with Crippen LogP contribution in [0.4, 0.5) is 5.13 Å². The van der Waals surface area contributed by atoms with Gasteiger partial charge in [-0.3, -0.25) is 0 Å². The Bertz CT molecular complexity index is 323. The van der Waals surface area contributed by atoms with E-state index in [1.807, 2.05) is 6.92 Å². The zero-order valence-electron chi connectivity index (χ0n) is 9.99. The fourth-order valence-electron chi connectivity index (χ4n) is 2.13. The Kier molecular flexibility index (Phi) is 3.82. The summed E-state index contributed by atoms with van der Waals surface area (Å²) in [5.74, 6) is 0.702. The first-order chi connectivity index (χ1) is 7.65. The predicted octanol–water partition coefficient (Wildman–Crippen LogP) is 2.72. The molecular weight excluding hydrogens is 220 g/mol. The highest BCUT2D eigenvalue weighted by molar-refractivity contribution is 7.15. The Labute approximate surface area is 101 Å². The van der Waals surface area contributed by atoms with Crippen LogP contribution >= 0.6 is 11.3 Å². The Morgan fingerprint density at radius 1 is 1.31 bits per heavy atom. The van der Waals surface area contributed by atoms with Crippen LogP contribution in [0.25, 0.3) is 0 Å². The summed E-state index contributed by atoms with van der Waals surface area (Å²) in [6.07, 6.45) is 4.14. The lowest BCUT2D eigenvalue weighted by Crippen LogP contribution is -2.23. The van der Waals surface area contributed by atoms with Crippen molar-refractivity contribution in [2.75, 3.05) is 11.9 Å². The highest BCUT2D eigenvalue weighted by Crippen LogP contribution is 2.26. The summed E-state index contributed by atoms with van der Waals surface area (Å²) in [5.41, 5.74) is 1.13. The third-order valence-electron chi connectivity index (χ3n) is 3.39. The molecule has 2 rings (SSSR count). The molecule has 1 aliphatic carbocycles. The number of nitrogens with one attached hydrogen (secondary N) is 1. The highest BCUT2D eigenvalue weighted by Gasteiger charge is 2.19. The van der Waals surface area contributed by atoms with Crippen LogP contribution in [0.5, 0.6) is 0 Å². The molecule has 0 aromatic carbocycles. The lowest BCUT2D eigenvalue weighted by atomic mass is 9.87. The number of nitrogens with zero attached hydrogens (tertiary/aromatic N) is 1. The van der Waals surface area contributed by atoms with E-state index in [9.17, 15) is 5.11 Å². The Morgan fingerprint density at radius 2 is 2.00 bits per heavy atom. The predicted molar refractivity (Wildman–Crippen MR) is 68.0 cm³/mol. The standard InChI is InChI=1S/C12H20N2OS/c1-8-9(2)16-12(14-8)13-7-10-3-5-11(15)6-4-10/h10-11,15H,3-7H2,1-2H3,(H,13,14). The van der Waals surface area contributed by atoms with E-state index in [2.05, 4.69) is 17.2 Å². The van der Waals surface area contributed by atoms with Gasteiger partial charge in [0.05, 0.1) is 11.8 Å². The minimum atomic E-state index is -0.0550. The minimum absolute atomic E-state index is 0.0550. The van der Waals surface area contributed by atoms with Gasteiger partial charge in [-0.25, -0.2) is 4.98 Å². The summed E-state index contributed by atoms with van der Waals surface area (Å²) >= 11 is 1.73. The zero-order valence-corrected chi connectivity index (χ0v) is 10.8. The van der Waals surface area contributed by atoms with E-state index < -0.39 is 0 Å². The van der Waals surface area contributed by atoms with E-state index >= 15 is 0 Å². The molecule has 0 aliphatic heterocycles. The summed E-state index contributed by atoms with van der Waals surface area (Å²) in [4.78, 5) is 5.76. The fourth-order valence-corrected chi connectivity index (χ4v) is 2.95. The van der Waals surface area contributed by atoms with Crippen molar-refractivity contribution in [3.63, 3.8) is 0 Å². The molecule has 0 bridgehead atoms. The Balaban J connectivity index is 1.79. The number of aliphatic hydroxyl groups excluding tert-OH is 1. The van der Waals surface area contributed by atoms with Crippen molar-refractivity contribution in [2.24, 2.45) is 5.92 Å². The largest absolute Gasteiger partial charge is 0.393 e.